The van der Waals surface area contributed by atoms with Crippen molar-refractivity contribution in [1.29, 1.82) is 0 Å². The molecule has 1 aliphatic rings. The summed E-state index contributed by atoms with van der Waals surface area (Å²) < 4.78 is 5.42. The van der Waals surface area contributed by atoms with Crippen molar-refractivity contribution in [2.24, 2.45) is 5.92 Å². The van der Waals surface area contributed by atoms with E-state index in [1.807, 2.05) is 31.2 Å². The van der Waals surface area contributed by atoms with Crippen molar-refractivity contribution < 1.29 is 9.21 Å². The molecule has 92 valence electrons. The van der Waals surface area contributed by atoms with Gasteiger partial charge in [0.2, 0.25) is 11.8 Å². The normalized spacial score (nSPS) is 14.5. The topological polar surface area (TPSA) is 68.0 Å². The Bertz CT molecular complexity index is 587. The maximum absolute atomic E-state index is 11.5. The molecule has 2 aromatic rings. The number of carbonyl (C=O) groups excluding carboxylic acids is 1. The van der Waals surface area contributed by atoms with Gasteiger partial charge in [-0.1, -0.05) is 22.8 Å². The van der Waals surface area contributed by atoms with Crippen molar-refractivity contribution in [3.05, 3.63) is 29.8 Å². The molecular weight excluding hydrogens is 230 g/mol. The summed E-state index contributed by atoms with van der Waals surface area (Å²) in [6.07, 6.45) is 1.90. The van der Waals surface area contributed by atoms with E-state index in [-0.39, 0.29) is 17.8 Å². The number of rotatable bonds is 3. The Morgan fingerprint density at radius 3 is 2.94 bits per heavy atom. The summed E-state index contributed by atoms with van der Waals surface area (Å²) in [6, 6.07) is 7.95. The molecule has 1 amide bonds. The Balaban J connectivity index is 1.78. The molecule has 1 saturated carbocycles. The average molecular weight is 243 g/mol. The predicted molar refractivity (Wildman–Crippen MR) is 65.8 cm³/mol. The molecule has 0 aliphatic heterocycles. The predicted octanol–water partition coefficient (Wildman–Crippen LogP) is 2.39. The average Bonchev–Trinajstić information content (AvgIpc) is 3.10. The van der Waals surface area contributed by atoms with Gasteiger partial charge in [0.25, 0.3) is 0 Å². The first kappa shape index (κ1) is 11.0. The third kappa shape index (κ3) is 2.25. The lowest BCUT2D eigenvalue weighted by Crippen LogP contribution is -2.13. The van der Waals surface area contributed by atoms with E-state index in [1.165, 1.54) is 0 Å². The largest absolute Gasteiger partial charge is 0.403 e. The van der Waals surface area contributed by atoms with Gasteiger partial charge in [0, 0.05) is 11.5 Å². The fraction of sp³-hybridized carbons (Fsp3) is 0.308. The van der Waals surface area contributed by atoms with E-state index in [4.69, 9.17) is 4.42 Å². The van der Waals surface area contributed by atoms with Crippen LogP contribution in [0.2, 0.25) is 0 Å². The number of carbonyl (C=O) groups is 1. The van der Waals surface area contributed by atoms with Crippen LogP contribution in [-0.2, 0) is 4.79 Å². The zero-order chi connectivity index (χ0) is 12.5. The maximum Gasteiger partial charge on any atom is 0.322 e. The highest BCUT2D eigenvalue weighted by Gasteiger charge is 2.30. The minimum absolute atomic E-state index is 0.0329. The summed E-state index contributed by atoms with van der Waals surface area (Å²) in [5.41, 5.74) is 1.98. The smallest absolute Gasteiger partial charge is 0.322 e. The molecule has 0 bridgehead atoms. The number of hydrogen-bond donors (Lipinski definition) is 1. The molecule has 0 radical (unpaired) electrons. The highest BCUT2D eigenvalue weighted by Crippen LogP contribution is 2.30. The van der Waals surface area contributed by atoms with Crippen LogP contribution < -0.4 is 5.32 Å². The summed E-state index contributed by atoms with van der Waals surface area (Å²) in [4.78, 5) is 11.5. The van der Waals surface area contributed by atoms with Crippen molar-refractivity contribution >= 4 is 11.9 Å². The molecule has 3 rings (SSSR count). The van der Waals surface area contributed by atoms with E-state index in [9.17, 15) is 4.79 Å². The van der Waals surface area contributed by atoms with Crippen LogP contribution in [0, 0.1) is 12.8 Å². The van der Waals surface area contributed by atoms with Crippen LogP contribution in [0.4, 0.5) is 6.01 Å². The third-order valence-electron chi connectivity index (χ3n) is 2.87. The van der Waals surface area contributed by atoms with Gasteiger partial charge in [-0.2, -0.15) is 0 Å². The first-order valence-electron chi connectivity index (χ1n) is 5.94. The highest BCUT2D eigenvalue weighted by molar-refractivity contribution is 5.92. The second-order valence-corrected chi connectivity index (χ2v) is 4.55. The van der Waals surface area contributed by atoms with Gasteiger partial charge in [0.15, 0.2) is 0 Å². The molecule has 0 atom stereocenters. The van der Waals surface area contributed by atoms with E-state index in [1.54, 1.807) is 0 Å². The number of nitrogens with zero attached hydrogens (tertiary/aromatic N) is 2. The molecule has 5 heteroatoms. The van der Waals surface area contributed by atoms with Crippen molar-refractivity contribution in [3.8, 4) is 11.5 Å². The summed E-state index contributed by atoms with van der Waals surface area (Å²) >= 11 is 0. The zero-order valence-electron chi connectivity index (χ0n) is 10.0. The molecular formula is C13H13N3O2. The van der Waals surface area contributed by atoms with Crippen LogP contribution in [-0.4, -0.2) is 16.1 Å². The number of amides is 1. The minimum Gasteiger partial charge on any atom is -0.403 e. The molecule has 1 fully saturated rings. The lowest BCUT2D eigenvalue weighted by molar-refractivity contribution is -0.117. The van der Waals surface area contributed by atoms with Crippen LogP contribution in [0.15, 0.2) is 28.7 Å². The van der Waals surface area contributed by atoms with Gasteiger partial charge in [0.1, 0.15) is 0 Å². The van der Waals surface area contributed by atoms with Crippen LogP contribution in [0.5, 0.6) is 0 Å². The number of benzene rings is 1. The Hall–Kier alpha value is -2.17. The SMILES string of the molecule is Cc1cccc(-c2nnc(NC(=O)C3CC3)o2)c1. The quantitative estimate of drug-likeness (QED) is 0.898. The fourth-order valence-electron chi connectivity index (χ4n) is 1.72. The summed E-state index contributed by atoms with van der Waals surface area (Å²) in [5, 5.41) is 10.4. The van der Waals surface area contributed by atoms with Gasteiger partial charge in [-0.05, 0) is 31.9 Å². The molecule has 0 unspecified atom stereocenters. The fourth-order valence-corrected chi connectivity index (χ4v) is 1.72. The Labute approximate surface area is 104 Å². The van der Waals surface area contributed by atoms with Crippen LogP contribution in [0.25, 0.3) is 11.5 Å². The highest BCUT2D eigenvalue weighted by atomic mass is 16.4. The maximum atomic E-state index is 11.5. The van der Waals surface area contributed by atoms with Gasteiger partial charge < -0.3 is 4.42 Å². The standard InChI is InChI=1S/C13H13N3O2/c1-8-3-2-4-10(7-8)12-15-16-13(18-12)14-11(17)9-5-6-9/h2-4,7,9H,5-6H2,1H3,(H,14,16,17). The second kappa shape index (κ2) is 4.25. The molecule has 1 aliphatic carbocycles. The summed E-state index contributed by atoms with van der Waals surface area (Å²) in [7, 11) is 0. The molecule has 18 heavy (non-hydrogen) atoms. The summed E-state index contributed by atoms with van der Waals surface area (Å²) in [5.74, 6) is 0.513. The van der Waals surface area contributed by atoms with E-state index in [0.29, 0.717) is 5.89 Å². The zero-order valence-corrected chi connectivity index (χ0v) is 10.0. The van der Waals surface area contributed by atoms with Crippen molar-refractivity contribution in [2.75, 3.05) is 5.32 Å². The lowest BCUT2D eigenvalue weighted by atomic mass is 10.1. The first-order chi connectivity index (χ1) is 8.72. The number of hydrogen-bond acceptors (Lipinski definition) is 4. The van der Waals surface area contributed by atoms with Crippen LogP contribution in [0.1, 0.15) is 18.4 Å². The van der Waals surface area contributed by atoms with Crippen LogP contribution >= 0.6 is 0 Å². The van der Waals surface area contributed by atoms with E-state index >= 15 is 0 Å². The van der Waals surface area contributed by atoms with Crippen LogP contribution in [0.3, 0.4) is 0 Å². The lowest BCUT2D eigenvalue weighted by Gasteiger charge is -1.97. The third-order valence-corrected chi connectivity index (χ3v) is 2.87. The first-order valence-corrected chi connectivity index (χ1v) is 5.94. The monoisotopic (exact) mass is 243 g/mol. The Kier molecular flexibility index (Phi) is 2.59. The molecule has 1 heterocycles. The molecule has 0 spiro atoms. The van der Waals surface area contributed by atoms with Crippen molar-refractivity contribution in [3.63, 3.8) is 0 Å². The summed E-state index contributed by atoms with van der Waals surface area (Å²) in [6.45, 7) is 2.00. The number of aryl methyl sites for hydroxylation is 1. The van der Waals surface area contributed by atoms with Crippen molar-refractivity contribution in [1.82, 2.24) is 10.2 Å². The van der Waals surface area contributed by atoms with Gasteiger partial charge in [0.05, 0.1) is 0 Å². The Morgan fingerprint density at radius 2 is 2.22 bits per heavy atom. The number of aromatic nitrogens is 2. The molecule has 1 aromatic heterocycles. The molecule has 1 N–H and O–H groups in total. The molecule has 5 nitrogen and oxygen atoms in total. The van der Waals surface area contributed by atoms with Gasteiger partial charge in [-0.3, -0.25) is 10.1 Å². The number of nitrogens with one attached hydrogen (secondary N) is 1. The second-order valence-electron chi connectivity index (χ2n) is 4.55. The van der Waals surface area contributed by atoms with Gasteiger partial charge >= 0.3 is 6.01 Å². The van der Waals surface area contributed by atoms with Gasteiger partial charge in [-0.15, -0.1) is 5.10 Å². The molecule has 1 aromatic carbocycles. The minimum atomic E-state index is -0.0329. The van der Waals surface area contributed by atoms with E-state index in [0.717, 1.165) is 24.0 Å². The Morgan fingerprint density at radius 1 is 1.39 bits per heavy atom. The van der Waals surface area contributed by atoms with E-state index < -0.39 is 0 Å². The van der Waals surface area contributed by atoms with E-state index in [2.05, 4.69) is 15.5 Å². The van der Waals surface area contributed by atoms with Crippen molar-refractivity contribution in [2.45, 2.75) is 19.8 Å². The molecule has 0 saturated heterocycles. The van der Waals surface area contributed by atoms with Gasteiger partial charge in [-0.25, -0.2) is 0 Å². The number of anilines is 1.